The second kappa shape index (κ2) is 3.47. The molecule has 0 saturated heterocycles. The lowest BCUT2D eigenvalue weighted by Crippen LogP contribution is -1.97. The Balaban J connectivity index is 2.71. The van der Waals surface area contributed by atoms with Gasteiger partial charge in [-0.25, -0.2) is 4.68 Å². The number of halogens is 4. The molecule has 14 heavy (non-hydrogen) atoms. The number of benzene rings is 1. The molecule has 0 spiro atoms. The van der Waals surface area contributed by atoms with E-state index >= 15 is 0 Å². The van der Waals surface area contributed by atoms with E-state index in [2.05, 4.69) is 21.0 Å². The maximum atomic E-state index is 12.3. The van der Waals surface area contributed by atoms with Gasteiger partial charge in [0.05, 0.1) is 5.02 Å². The van der Waals surface area contributed by atoms with Crippen molar-refractivity contribution in [1.82, 2.24) is 9.78 Å². The fourth-order valence-corrected chi connectivity index (χ4v) is 1.68. The Bertz CT molecular complexity index is 483. The van der Waals surface area contributed by atoms with Gasteiger partial charge in [0.15, 0.2) is 0 Å². The summed E-state index contributed by atoms with van der Waals surface area (Å²) in [7, 11) is 0. The summed E-state index contributed by atoms with van der Waals surface area (Å²) < 4.78 is 25.8. The van der Waals surface area contributed by atoms with Crippen molar-refractivity contribution in [1.29, 1.82) is 0 Å². The molecular formula is C8H4BrClF2N2. The van der Waals surface area contributed by atoms with E-state index in [1.54, 1.807) is 12.1 Å². The van der Waals surface area contributed by atoms with Crippen LogP contribution in [0.2, 0.25) is 5.02 Å². The van der Waals surface area contributed by atoms with E-state index in [1.165, 1.54) is 6.20 Å². The molecule has 0 aliphatic rings. The highest BCUT2D eigenvalue weighted by Gasteiger charge is 2.12. The Kier molecular flexibility index (Phi) is 2.45. The summed E-state index contributed by atoms with van der Waals surface area (Å²) in [4.78, 5) is 0. The summed E-state index contributed by atoms with van der Waals surface area (Å²) in [6.07, 6.45) is 1.26. The lowest BCUT2D eigenvalue weighted by Gasteiger charge is -1.95. The topological polar surface area (TPSA) is 17.8 Å². The first-order valence-corrected chi connectivity index (χ1v) is 4.87. The Labute approximate surface area is 91.6 Å². The van der Waals surface area contributed by atoms with Crippen LogP contribution in [0.4, 0.5) is 8.78 Å². The van der Waals surface area contributed by atoms with Gasteiger partial charge in [0.2, 0.25) is 0 Å². The van der Waals surface area contributed by atoms with Gasteiger partial charge in [-0.15, -0.1) is 0 Å². The Hall–Kier alpha value is -0.680. The summed E-state index contributed by atoms with van der Waals surface area (Å²) in [5.41, 5.74) is 0.376. The number of rotatable bonds is 1. The molecule has 2 aromatic rings. The zero-order valence-electron chi connectivity index (χ0n) is 6.72. The Morgan fingerprint density at radius 1 is 1.43 bits per heavy atom. The van der Waals surface area contributed by atoms with Crippen LogP contribution in [0.25, 0.3) is 10.9 Å². The molecule has 0 aliphatic heterocycles. The smallest absolute Gasteiger partial charge is 0.210 e. The lowest BCUT2D eigenvalue weighted by molar-refractivity contribution is 0.0574. The van der Waals surface area contributed by atoms with Crippen molar-refractivity contribution < 1.29 is 8.78 Å². The molecule has 0 radical (unpaired) electrons. The van der Waals surface area contributed by atoms with Crippen molar-refractivity contribution in [3.63, 3.8) is 0 Å². The summed E-state index contributed by atoms with van der Waals surface area (Å²) in [6.45, 7) is -2.64. The minimum absolute atomic E-state index is 0.349. The van der Waals surface area contributed by atoms with Crippen molar-refractivity contribution >= 4 is 38.4 Å². The fourth-order valence-electron chi connectivity index (χ4n) is 1.15. The van der Waals surface area contributed by atoms with Crippen LogP contribution in [-0.2, 0) is 0 Å². The van der Waals surface area contributed by atoms with Crippen molar-refractivity contribution in [2.45, 2.75) is 6.55 Å². The highest BCUT2D eigenvalue weighted by atomic mass is 79.9. The highest BCUT2D eigenvalue weighted by Crippen LogP contribution is 2.30. The van der Waals surface area contributed by atoms with Crippen LogP contribution >= 0.6 is 27.5 Å². The Morgan fingerprint density at radius 3 is 2.79 bits per heavy atom. The van der Waals surface area contributed by atoms with E-state index in [9.17, 15) is 8.78 Å². The predicted octanol–water partition coefficient (Wildman–Crippen LogP) is 3.85. The van der Waals surface area contributed by atoms with Crippen LogP contribution in [-0.4, -0.2) is 9.78 Å². The molecule has 0 unspecified atom stereocenters. The molecular weight excluding hydrogens is 277 g/mol. The van der Waals surface area contributed by atoms with Crippen molar-refractivity contribution in [3.05, 3.63) is 27.8 Å². The summed E-state index contributed by atoms with van der Waals surface area (Å²) >= 11 is 9.07. The van der Waals surface area contributed by atoms with E-state index in [-0.39, 0.29) is 0 Å². The zero-order chi connectivity index (χ0) is 10.3. The van der Waals surface area contributed by atoms with Crippen molar-refractivity contribution in [2.24, 2.45) is 0 Å². The molecule has 0 aliphatic carbocycles. The number of hydrogen-bond acceptors (Lipinski definition) is 1. The summed E-state index contributed by atoms with van der Waals surface area (Å²) in [6, 6.07) is 3.37. The zero-order valence-corrected chi connectivity index (χ0v) is 9.06. The lowest BCUT2D eigenvalue weighted by atomic mass is 10.3. The molecule has 2 rings (SSSR count). The molecule has 74 valence electrons. The van der Waals surface area contributed by atoms with Crippen LogP contribution in [0.1, 0.15) is 6.55 Å². The number of alkyl halides is 2. The van der Waals surface area contributed by atoms with Gasteiger partial charge in [0, 0.05) is 16.1 Å². The first kappa shape index (κ1) is 9.86. The maximum absolute atomic E-state index is 12.3. The van der Waals surface area contributed by atoms with Gasteiger partial charge >= 0.3 is 6.55 Å². The first-order valence-electron chi connectivity index (χ1n) is 3.70. The molecule has 2 nitrogen and oxygen atoms in total. The van der Waals surface area contributed by atoms with E-state index in [0.717, 1.165) is 0 Å². The van der Waals surface area contributed by atoms with Crippen LogP contribution in [0.3, 0.4) is 0 Å². The second-order valence-corrected chi connectivity index (χ2v) is 3.92. The molecule has 1 aromatic carbocycles. The first-order chi connectivity index (χ1) is 6.59. The molecule has 1 aromatic heterocycles. The van der Waals surface area contributed by atoms with Crippen molar-refractivity contribution in [3.8, 4) is 0 Å². The van der Waals surface area contributed by atoms with Crippen LogP contribution in [0, 0.1) is 0 Å². The van der Waals surface area contributed by atoms with Gasteiger partial charge in [-0.05, 0) is 28.1 Å². The normalized spacial score (nSPS) is 11.5. The molecule has 0 amide bonds. The number of fused-ring (bicyclic) bond motifs is 1. The minimum atomic E-state index is -2.64. The van der Waals surface area contributed by atoms with Gasteiger partial charge in [0.1, 0.15) is 5.52 Å². The number of hydrogen-bond donors (Lipinski definition) is 0. The maximum Gasteiger partial charge on any atom is 0.333 e. The minimum Gasteiger partial charge on any atom is -0.210 e. The summed E-state index contributed by atoms with van der Waals surface area (Å²) in [5.74, 6) is 0. The molecule has 0 fully saturated rings. The van der Waals surface area contributed by atoms with Gasteiger partial charge in [-0.2, -0.15) is 13.9 Å². The molecule has 0 bridgehead atoms. The summed E-state index contributed by atoms with van der Waals surface area (Å²) in [5, 5.41) is 4.62. The van der Waals surface area contributed by atoms with E-state index in [0.29, 0.717) is 25.1 Å². The van der Waals surface area contributed by atoms with Crippen molar-refractivity contribution in [2.75, 3.05) is 0 Å². The van der Waals surface area contributed by atoms with Gasteiger partial charge in [0.25, 0.3) is 0 Å². The largest absolute Gasteiger partial charge is 0.333 e. The van der Waals surface area contributed by atoms with Crippen LogP contribution in [0.5, 0.6) is 0 Å². The van der Waals surface area contributed by atoms with Crippen LogP contribution in [0.15, 0.2) is 22.8 Å². The third-order valence-corrected chi connectivity index (χ3v) is 3.06. The van der Waals surface area contributed by atoms with Gasteiger partial charge < -0.3 is 0 Å². The SMILES string of the molecule is FC(F)n1cc2ccc(Br)c(Cl)c2n1. The second-order valence-electron chi connectivity index (χ2n) is 2.69. The molecule has 0 N–H and O–H groups in total. The Morgan fingerprint density at radius 2 is 2.14 bits per heavy atom. The average Bonchev–Trinajstić information content (AvgIpc) is 2.56. The number of aromatic nitrogens is 2. The van der Waals surface area contributed by atoms with E-state index < -0.39 is 6.55 Å². The molecule has 0 atom stereocenters. The van der Waals surface area contributed by atoms with Gasteiger partial charge in [-0.1, -0.05) is 11.6 Å². The van der Waals surface area contributed by atoms with E-state index in [4.69, 9.17) is 11.6 Å². The third-order valence-electron chi connectivity index (χ3n) is 1.79. The third kappa shape index (κ3) is 1.50. The average molecular weight is 281 g/mol. The molecule has 0 saturated carbocycles. The van der Waals surface area contributed by atoms with Gasteiger partial charge in [-0.3, -0.25) is 0 Å². The highest BCUT2D eigenvalue weighted by molar-refractivity contribution is 9.10. The molecule has 1 heterocycles. The predicted molar refractivity (Wildman–Crippen MR) is 53.7 cm³/mol. The molecule has 6 heteroatoms. The quantitative estimate of drug-likeness (QED) is 0.776. The van der Waals surface area contributed by atoms with E-state index in [1.807, 2.05) is 0 Å². The fraction of sp³-hybridized carbons (Fsp3) is 0.125. The monoisotopic (exact) mass is 280 g/mol. The standard InChI is InChI=1S/C8H4BrClF2N2/c9-5-2-1-4-3-14(8(11)12)13-7(4)6(5)10/h1-3,8H. The van der Waals surface area contributed by atoms with Crippen LogP contribution < -0.4 is 0 Å². The number of nitrogens with zero attached hydrogens (tertiary/aromatic N) is 2.